The maximum atomic E-state index is 13.9. The molecule has 0 unspecified atom stereocenters. The summed E-state index contributed by atoms with van der Waals surface area (Å²) in [5.74, 6) is 2.92. The van der Waals surface area contributed by atoms with Crippen LogP contribution in [0.5, 0.6) is 0 Å². The number of rotatable bonds is 5. The van der Waals surface area contributed by atoms with Gasteiger partial charge in [-0.1, -0.05) is 27.2 Å². The van der Waals surface area contributed by atoms with Gasteiger partial charge in [0.15, 0.2) is 0 Å². The summed E-state index contributed by atoms with van der Waals surface area (Å²) < 4.78 is 1.90. The number of aryl methyl sites for hydroxylation is 1. The molecule has 5 nitrogen and oxygen atoms in total. The van der Waals surface area contributed by atoms with Crippen molar-refractivity contribution in [2.45, 2.75) is 104 Å². The number of Topliss-reactive ketones (excluding diaryl/α,β-unsaturated/α-hetero) is 1. The molecular formula is C28H41N3O2. The van der Waals surface area contributed by atoms with Crippen molar-refractivity contribution in [2.24, 2.45) is 40.4 Å². The minimum atomic E-state index is -0.506. The van der Waals surface area contributed by atoms with Gasteiger partial charge in [0, 0.05) is 25.1 Å². The highest BCUT2D eigenvalue weighted by atomic mass is 16.3. The molecule has 0 aliphatic heterocycles. The van der Waals surface area contributed by atoms with Crippen molar-refractivity contribution in [3.05, 3.63) is 18.0 Å². The van der Waals surface area contributed by atoms with Crippen molar-refractivity contribution < 1.29 is 9.90 Å². The van der Waals surface area contributed by atoms with Gasteiger partial charge >= 0.3 is 0 Å². The van der Waals surface area contributed by atoms with Crippen molar-refractivity contribution in [3.63, 3.8) is 0 Å². The van der Waals surface area contributed by atoms with E-state index < -0.39 is 5.60 Å². The quantitative estimate of drug-likeness (QED) is 0.640. The van der Waals surface area contributed by atoms with Crippen LogP contribution in [0.2, 0.25) is 0 Å². The minimum Gasteiger partial charge on any atom is -0.390 e. The molecule has 0 bridgehead atoms. The maximum Gasteiger partial charge on any atom is 0.137 e. The van der Waals surface area contributed by atoms with E-state index >= 15 is 0 Å². The van der Waals surface area contributed by atoms with E-state index in [0.29, 0.717) is 35.0 Å². The first-order valence-electron chi connectivity index (χ1n) is 13.4. The van der Waals surface area contributed by atoms with Crippen LogP contribution in [-0.4, -0.2) is 26.3 Å². The first-order valence-corrected chi connectivity index (χ1v) is 13.4. The number of fused-ring (bicyclic) bond motifs is 5. The second-order valence-corrected chi connectivity index (χ2v) is 12.5. The Bertz CT molecular complexity index is 949. The molecule has 1 heterocycles. The Kier molecular flexibility index (Phi) is 5.75. The zero-order valence-electron chi connectivity index (χ0n) is 20.7. The first-order chi connectivity index (χ1) is 15.7. The number of ketones is 1. The van der Waals surface area contributed by atoms with Crippen molar-refractivity contribution in [2.75, 3.05) is 0 Å². The molecule has 0 saturated heterocycles. The van der Waals surface area contributed by atoms with Crippen LogP contribution in [0.3, 0.4) is 0 Å². The molecule has 4 aliphatic carbocycles. The van der Waals surface area contributed by atoms with E-state index in [1.165, 1.54) is 19.3 Å². The maximum absolute atomic E-state index is 13.9. The Labute approximate surface area is 198 Å². The summed E-state index contributed by atoms with van der Waals surface area (Å²) in [5.41, 5.74) is 0.283. The van der Waals surface area contributed by atoms with E-state index in [9.17, 15) is 9.90 Å². The molecule has 8 atom stereocenters. The molecule has 5 heteroatoms. The van der Waals surface area contributed by atoms with Crippen LogP contribution in [0.4, 0.5) is 0 Å². The number of hydrogen-bond donors (Lipinski definition) is 1. The lowest BCUT2D eigenvalue weighted by Gasteiger charge is -2.61. The van der Waals surface area contributed by atoms with Crippen LogP contribution in [0.1, 0.15) is 97.0 Å². The third-order valence-electron chi connectivity index (χ3n) is 10.9. The highest BCUT2D eigenvalue weighted by molar-refractivity contribution is 5.84. The lowest BCUT2D eigenvalue weighted by Crippen LogP contribution is -2.59. The third kappa shape index (κ3) is 3.68. The fourth-order valence-corrected chi connectivity index (χ4v) is 9.24. The molecule has 1 aromatic rings. The summed E-state index contributed by atoms with van der Waals surface area (Å²) in [6.45, 7) is 7.80. The van der Waals surface area contributed by atoms with Crippen LogP contribution in [0, 0.1) is 51.8 Å². The Morgan fingerprint density at radius 2 is 2.03 bits per heavy atom. The standard InChI is InChI=1S/C28H41N3O2/c1-4-10-28(33)12-11-26(2)21(14-28)5-7-22-23-8-6-20(27(23,3)15-24(32)25(22)26)9-13-31-18-19(16-29)17-30-31/h17-18,20-23,25,33H,4-15H2,1-3H3/t20-,21-,22+,23+,25-,26+,27-,28-/m1/s1. The number of nitriles is 1. The molecule has 0 amide bonds. The van der Waals surface area contributed by atoms with Gasteiger partial charge in [-0.05, 0) is 92.3 Å². The Morgan fingerprint density at radius 3 is 2.76 bits per heavy atom. The average Bonchev–Trinajstić information content (AvgIpc) is 3.36. The fraction of sp³-hybridized carbons (Fsp3) is 0.821. The van der Waals surface area contributed by atoms with Crippen LogP contribution < -0.4 is 0 Å². The third-order valence-corrected chi connectivity index (χ3v) is 10.9. The zero-order valence-corrected chi connectivity index (χ0v) is 20.7. The fourth-order valence-electron chi connectivity index (χ4n) is 9.24. The molecule has 4 aliphatic rings. The first kappa shape index (κ1) is 23.1. The molecular weight excluding hydrogens is 410 g/mol. The number of hydrogen-bond acceptors (Lipinski definition) is 4. The smallest absolute Gasteiger partial charge is 0.137 e. The highest BCUT2D eigenvalue weighted by Crippen LogP contribution is 2.67. The van der Waals surface area contributed by atoms with Gasteiger partial charge in [-0.3, -0.25) is 9.48 Å². The Morgan fingerprint density at radius 1 is 1.21 bits per heavy atom. The molecule has 33 heavy (non-hydrogen) atoms. The number of carbonyl (C=O) groups excluding carboxylic acids is 1. The van der Waals surface area contributed by atoms with Crippen LogP contribution >= 0.6 is 0 Å². The SMILES string of the molecule is CCC[C@@]1(O)CC[C@@]2(C)[C@H](CC[C@H]3[C@@H]4CC[C@H](CCn5cc(C#N)cn5)[C@@]4(C)CC(=O)[C@@H]32)C1. The van der Waals surface area contributed by atoms with Gasteiger partial charge in [-0.25, -0.2) is 0 Å². The van der Waals surface area contributed by atoms with Gasteiger partial charge in [0.05, 0.1) is 17.4 Å². The molecule has 0 spiro atoms. The van der Waals surface area contributed by atoms with Gasteiger partial charge < -0.3 is 5.11 Å². The van der Waals surface area contributed by atoms with Crippen LogP contribution in [0.25, 0.3) is 0 Å². The highest BCUT2D eigenvalue weighted by Gasteiger charge is 2.63. The monoisotopic (exact) mass is 451 g/mol. The predicted molar refractivity (Wildman–Crippen MR) is 127 cm³/mol. The van der Waals surface area contributed by atoms with Gasteiger partial charge in [0.2, 0.25) is 0 Å². The largest absolute Gasteiger partial charge is 0.390 e. The van der Waals surface area contributed by atoms with E-state index in [0.717, 1.165) is 57.9 Å². The molecule has 1 aromatic heterocycles. The Hall–Kier alpha value is -1.67. The predicted octanol–water partition coefficient (Wildman–Crippen LogP) is 5.51. The van der Waals surface area contributed by atoms with Crippen LogP contribution in [-0.2, 0) is 11.3 Å². The second kappa shape index (κ2) is 8.22. The molecule has 4 fully saturated rings. The number of nitrogens with zero attached hydrogens (tertiary/aromatic N) is 3. The van der Waals surface area contributed by atoms with E-state index in [2.05, 4.69) is 31.9 Å². The molecule has 0 radical (unpaired) electrons. The lowest BCUT2D eigenvalue weighted by atomic mass is 9.43. The van der Waals surface area contributed by atoms with E-state index in [-0.39, 0.29) is 16.7 Å². The summed E-state index contributed by atoms with van der Waals surface area (Å²) in [7, 11) is 0. The summed E-state index contributed by atoms with van der Waals surface area (Å²) >= 11 is 0. The topological polar surface area (TPSA) is 78.9 Å². The van der Waals surface area contributed by atoms with E-state index in [1.807, 2.05) is 10.9 Å². The molecule has 0 aromatic carbocycles. The molecule has 4 saturated carbocycles. The van der Waals surface area contributed by atoms with Crippen molar-refractivity contribution in [3.8, 4) is 6.07 Å². The van der Waals surface area contributed by atoms with E-state index in [4.69, 9.17) is 5.26 Å². The van der Waals surface area contributed by atoms with Gasteiger partial charge in [0.25, 0.3) is 0 Å². The molecule has 5 rings (SSSR count). The second-order valence-electron chi connectivity index (χ2n) is 12.5. The Balaban J connectivity index is 1.33. The van der Waals surface area contributed by atoms with Gasteiger partial charge in [-0.2, -0.15) is 10.4 Å². The lowest BCUT2D eigenvalue weighted by molar-refractivity contribution is -0.170. The van der Waals surface area contributed by atoms with Crippen molar-refractivity contribution in [1.29, 1.82) is 5.26 Å². The summed E-state index contributed by atoms with van der Waals surface area (Å²) in [6, 6.07) is 2.16. The zero-order chi connectivity index (χ0) is 23.4. The normalized spacial score (nSPS) is 44.6. The number of carbonyl (C=O) groups is 1. The van der Waals surface area contributed by atoms with Crippen LogP contribution in [0.15, 0.2) is 12.4 Å². The van der Waals surface area contributed by atoms with E-state index in [1.54, 1.807) is 6.20 Å². The minimum absolute atomic E-state index is 0.0716. The molecule has 180 valence electrons. The van der Waals surface area contributed by atoms with Gasteiger partial charge in [0.1, 0.15) is 11.9 Å². The molecule has 1 N–H and O–H groups in total. The van der Waals surface area contributed by atoms with Crippen molar-refractivity contribution in [1.82, 2.24) is 9.78 Å². The summed E-state index contributed by atoms with van der Waals surface area (Å²) in [4.78, 5) is 13.9. The van der Waals surface area contributed by atoms with Gasteiger partial charge in [-0.15, -0.1) is 0 Å². The average molecular weight is 452 g/mol. The number of aliphatic hydroxyl groups is 1. The number of aromatic nitrogens is 2. The summed E-state index contributed by atoms with van der Waals surface area (Å²) in [5, 5.41) is 24.6. The van der Waals surface area contributed by atoms with Crippen molar-refractivity contribution >= 4 is 5.78 Å². The summed E-state index contributed by atoms with van der Waals surface area (Å²) in [6.07, 6.45) is 14.7.